The van der Waals surface area contributed by atoms with Crippen molar-refractivity contribution in [2.24, 2.45) is 5.92 Å². The normalized spacial score (nSPS) is 16.7. The number of nitrogens with one attached hydrogen (secondary N) is 1. The van der Waals surface area contributed by atoms with Crippen LogP contribution in [0, 0.1) is 5.92 Å². The molecule has 1 aliphatic rings. The Morgan fingerprint density at radius 2 is 1.75 bits per heavy atom. The highest BCUT2D eigenvalue weighted by Crippen LogP contribution is 2.30. The highest BCUT2D eigenvalue weighted by Gasteiger charge is 2.38. The first-order valence-corrected chi connectivity index (χ1v) is 10.7. The Balaban J connectivity index is 1.51. The molecular weight excluding hydrogens is 388 g/mol. The average molecular weight is 413 g/mol. The molecule has 1 saturated heterocycles. The molecule has 0 bridgehead atoms. The number of hydrogen-bond donors (Lipinski definition) is 1. The van der Waals surface area contributed by atoms with Crippen LogP contribution in [0.5, 0.6) is 0 Å². The molecule has 1 N–H and O–H groups in total. The van der Waals surface area contributed by atoms with E-state index in [9.17, 15) is 9.59 Å². The zero-order valence-electron chi connectivity index (χ0n) is 16.1. The summed E-state index contributed by atoms with van der Waals surface area (Å²) in [5.41, 5.74) is 3.33. The SMILES string of the molecule is CC(C)CN1C(=O)C(CC(=O)NCc2ccc(-c3ccccc3)cc2)SC1=S. The number of thioether (sulfide) groups is 1. The number of rotatable bonds is 7. The average Bonchev–Trinajstić information content (AvgIpc) is 2.94. The van der Waals surface area contributed by atoms with E-state index in [1.54, 1.807) is 4.90 Å². The van der Waals surface area contributed by atoms with Gasteiger partial charge in [-0.2, -0.15) is 0 Å². The van der Waals surface area contributed by atoms with Crippen molar-refractivity contribution in [1.82, 2.24) is 10.2 Å². The summed E-state index contributed by atoms with van der Waals surface area (Å²) in [7, 11) is 0. The van der Waals surface area contributed by atoms with E-state index >= 15 is 0 Å². The summed E-state index contributed by atoms with van der Waals surface area (Å²) >= 11 is 6.62. The van der Waals surface area contributed by atoms with Crippen LogP contribution < -0.4 is 5.32 Å². The molecule has 1 aliphatic heterocycles. The molecule has 3 rings (SSSR count). The van der Waals surface area contributed by atoms with Gasteiger partial charge in [0, 0.05) is 19.5 Å². The Bertz CT molecular complexity index is 851. The molecule has 1 atom stereocenters. The molecule has 2 aromatic carbocycles. The molecule has 1 heterocycles. The van der Waals surface area contributed by atoms with Crippen LogP contribution in [0.3, 0.4) is 0 Å². The molecule has 1 unspecified atom stereocenters. The summed E-state index contributed by atoms with van der Waals surface area (Å²) in [6, 6.07) is 18.3. The molecule has 2 amide bonds. The third-order valence-corrected chi connectivity index (χ3v) is 6.06. The fraction of sp³-hybridized carbons (Fsp3) is 0.318. The lowest BCUT2D eigenvalue weighted by molar-refractivity contribution is -0.129. The third kappa shape index (κ3) is 5.20. The quantitative estimate of drug-likeness (QED) is 0.691. The molecule has 0 radical (unpaired) electrons. The zero-order valence-corrected chi connectivity index (χ0v) is 17.7. The van der Waals surface area contributed by atoms with Gasteiger partial charge in [-0.25, -0.2) is 0 Å². The maximum Gasteiger partial charge on any atom is 0.242 e. The molecule has 146 valence electrons. The summed E-state index contributed by atoms with van der Waals surface area (Å²) in [6.07, 6.45) is 0.153. The molecule has 4 nitrogen and oxygen atoms in total. The molecule has 6 heteroatoms. The van der Waals surface area contributed by atoms with Gasteiger partial charge in [-0.15, -0.1) is 0 Å². The summed E-state index contributed by atoms with van der Waals surface area (Å²) in [5.74, 6) is 0.159. The van der Waals surface area contributed by atoms with E-state index in [0.717, 1.165) is 16.7 Å². The van der Waals surface area contributed by atoms with Crippen LogP contribution in [0.2, 0.25) is 0 Å². The predicted molar refractivity (Wildman–Crippen MR) is 119 cm³/mol. The van der Waals surface area contributed by atoms with Crippen LogP contribution >= 0.6 is 24.0 Å². The van der Waals surface area contributed by atoms with Gasteiger partial charge in [-0.05, 0) is 22.6 Å². The van der Waals surface area contributed by atoms with Crippen molar-refractivity contribution in [2.45, 2.75) is 32.1 Å². The molecule has 0 saturated carbocycles. The molecular formula is C22H24N2O2S2. The van der Waals surface area contributed by atoms with Gasteiger partial charge in [0.2, 0.25) is 11.8 Å². The largest absolute Gasteiger partial charge is 0.352 e. The lowest BCUT2D eigenvalue weighted by atomic mass is 10.0. The van der Waals surface area contributed by atoms with Gasteiger partial charge in [0.05, 0.1) is 5.25 Å². The Labute approximate surface area is 175 Å². The number of hydrogen-bond acceptors (Lipinski definition) is 4. The number of thiocarbonyl (C=S) groups is 1. The van der Waals surface area contributed by atoms with Gasteiger partial charge < -0.3 is 5.32 Å². The first kappa shape index (κ1) is 20.6. The van der Waals surface area contributed by atoms with Gasteiger partial charge >= 0.3 is 0 Å². The van der Waals surface area contributed by atoms with E-state index in [-0.39, 0.29) is 18.2 Å². The van der Waals surface area contributed by atoms with Crippen molar-refractivity contribution in [3.63, 3.8) is 0 Å². The first-order chi connectivity index (χ1) is 13.4. The molecule has 0 aliphatic carbocycles. The van der Waals surface area contributed by atoms with Crippen LogP contribution in [0.25, 0.3) is 11.1 Å². The number of carbonyl (C=O) groups is 2. The van der Waals surface area contributed by atoms with E-state index < -0.39 is 5.25 Å². The summed E-state index contributed by atoms with van der Waals surface area (Å²) in [5, 5.41) is 2.50. The predicted octanol–water partition coefficient (Wildman–Crippen LogP) is 4.24. The zero-order chi connectivity index (χ0) is 20.1. The van der Waals surface area contributed by atoms with Crippen molar-refractivity contribution >= 4 is 40.1 Å². The van der Waals surface area contributed by atoms with Crippen molar-refractivity contribution in [3.8, 4) is 11.1 Å². The highest BCUT2D eigenvalue weighted by molar-refractivity contribution is 8.24. The van der Waals surface area contributed by atoms with E-state index in [4.69, 9.17) is 12.2 Å². The fourth-order valence-corrected chi connectivity index (χ4v) is 4.56. The summed E-state index contributed by atoms with van der Waals surface area (Å²) in [4.78, 5) is 26.4. The molecule has 28 heavy (non-hydrogen) atoms. The number of nitrogens with zero attached hydrogens (tertiary/aromatic N) is 1. The lowest BCUT2D eigenvalue weighted by Gasteiger charge is -2.17. The minimum absolute atomic E-state index is 0.0499. The van der Waals surface area contributed by atoms with Gasteiger partial charge in [0.25, 0.3) is 0 Å². The lowest BCUT2D eigenvalue weighted by Crippen LogP contribution is -2.36. The van der Waals surface area contributed by atoms with Gasteiger partial charge in [0.1, 0.15) is 4.32 Å². The van der Waals surface area contributed by atoms with Crippen LogP contribution in [0.15, 0.2) is 54.6 Å². The van der Waals surface area contributed by atoms with Gasteiger partial charge in [-0.1, -0.05) is 92.4 Å². The number of carbonyl (C=O) groups excluding carboxylic acids is 2. The molecule has 2 aromatic rings. The minimum Gasteiger partial charge on any atom is -0.352 e. The van der Waals surface area contributed by atoms with Crippen molar-refractivity contribution in [1.29, 1.82) is 0 Å². The second-order valence-corrected chi connectivity index (χ2v) is 9.10. The van der Waals surface area contributed by atoms with Crippen molar-refractivity contribution in [2.75, 3.05) is 6.54 Å². The Hall–Kier alpha value is -2.18. The Morgan fingerprint density at radius 1 is 1.11 bits per heavy atom. The second-order valence-electron chi connectivity index (χ2n) is 7.26. The highest BCUT2D eigenvalue weighted by atomic mass is 32.2. The maximum absolute atomic E-state index is 12.5. The van der Waals surface area contributed by atoms with Gasteiger partial charge in [0.15, 0.2) is 0 Å². The second kappa shape index (κ2) is 9.34. The Morgan fingerprint density at radius 3 is 2.39 bits per heavy atom. The summed E-state index contributed by atoms with van der Waals surface area (Å²) < 4.78 is 0.577. The monoisotopic (exact) mass is 412 g/mol. The molecule has 0 aromatic heterocycles. The van der Waals surface area contributed by atoms with Gasteiger partial charge in [-0.3, -0.25) is 14.5 Å². The standard InChI is InChI=1S/C22H24N2O2S2/c1-15(2)14-24-21(26)19(28-22(24)27)12-20(25)23-13-16-8-10-18(11-9-16)17-6-4-3-5-7-17/h3-11,15,19H,12-14H2,1-2H3,(H,23,25). The summed E-state index contributed by atoms with van der Waals surface area (Å²) in [6.45, 7) is 5.14. The number of amides is 2. The van der Waals surface area contributed by atoms with E-state index in [1.165, 1.54) is 11.8 Å². The van der Waals surface area contributed by atoms with Crippen LogP contribution in [-0.4, -0.2) is 32.8 Å². The third-order valence-electron chi connectivity index (χ3n) is 4.47. The molecule has 0 spiro atoms. The minimum atomic E-state index is -0.410. The van der Waals surface area contributed by atoms with Crippen molar-refractivity contribution in [3.05, 3.63) is 60.2 Å². The van der Waals surface area contributed by atoms with E-state index in [2.05, 4.69) is 29.6 Å². The van der Waals surface area contributed by atoms with Crippen LogP contribution in [0.4, 0.5) is 0 Å². The molecule has 1 fully saturated rings. The Kier molecular flexibility index (Phi) is 6.86. The van der Waals surface area contributed by atoms with Crippen LogP contribution in [0.1, 0.15) is 25.8 Å². The van der Waals surface area contributed by atoms with E-state index in [0.29, 0.717) is 23.3 Å². The van der Waals surface area contributed by atoms with Crippen LogP contribution in [-0.2, 0) is 16.1 Å². The smallest absolute Gasteiger partial charge is 0.242 e. The first-order valence-electron chi connectivity index (χ1n) is 9.37. The topological polar surface area (TPSA) is 49.4 Å². The van der Waals surface area contributed by atoms with E-state index in [1.807, 2.05) is 44.2 Å². The van der Waals surface area contributed by atoms with Crippen molar-refractivity contribution < 1.29 is 9.59 Å². The number of benzene rings is 2. The fourth-order valence-electron chi connectivity index (χ4n) is 3.04. The maximum atomic E-state index is 12.5.